The van der Waals surface area contributed by atoms with Gasteiger partial charge in [0.25, 0.3) is 0 Å². The van der Waals surface area contributed by atoms with Crippen LogP contribution in [-0.4, -0.2) is 7.05 Å². The van der Waals surface area contributed by atoms with Crippen molar-refractivity contribution in [3.05, 3.63) is 47.3 Å². The van der Waals surface area contributed by atoms with Gasteiger partial charge in [-0.1, -0.05) is 24.3 Å². The van der Waals surface area contributed by atoms with E-state index in [1.807, 2.05) is 13.1 Å². The Bertz CT molecular complexity index is 392. The molecule has 1 aromatic carbocycles. The highest BCUT2D eigenvalue weighted by Crippen LogP contribution is 2.27. The molecule has 0 aliphatic rings. The van der Waals surface area contributed by atoms with Crippen molar-refractivity contribution in [3.8, 4) is 10.4 Å². The normalized spacial score (nSPS) is 10.4. The number of hydrogen-bond acceptors (Lipinski definition) is 2. The fraction of sp³-hybridized carbons (Fsp3) is 0.167. The van der Waals surface area contributed by atoms with Crippen LogP contribution in [-0.2, 0) is 6.54 Å². The minimum absolute atomic E-state index is 0.911. The standard InChI is InChI=1S/C12H12NS/c1-13-9-10-5-2-3-6-11(10)12-7-4-8-14-12/h2-7,13H,9H2,1H3. The van der Waals surface area contributed by atoms with Crippen LogP contribution >= 0.6 is 11.3 Å². The lowest BCUT2D eigenvalue weighted by Crippen LogP contribution is -2.05. The van der Waals surface area contributed by atoms with Gasteiger partial charge in [-0.2, -0.15) is 0 Å². The molecule has 1 N–H and O–H groups in total. The van der Waals surface area contributed by atoms with Crippen LogP contribution in [0.3, 0.4) is 0 Å². The Morgan fingerprint density at radius 3 is 2.86 bits per heavy atom. The molecule has 1 radical (unpaired) electrons. The van der Waals surface area contributed by atoms with Crippen LogP contribution in [0.5, 0.6) is 0 Å². The summed E-state index contributed by atoms with van der Waals surface area (Å²) in [4.78, 5) is 1.29. The second-order valence-corrected chi connectivity index (χ2v) is 3.98. The van der Waals surface area contributed by atoms with Gasteiger partial charge in [0.1, 0.15) is 0 Å². The summed E-state index contributed by atoms with van der Waals surface area (Å²) in [5.74, 6) is 0. The van der Waals surface area contributed by atoms with Gasteiger partial charge in [-0.15, -0.1) is 11.3 Å². The zero-order chi connectivity index (χ0) is 9.80. The maximum Gasteiger partial charge on any atom is 0.0449 e. The van der Waals surface area contributed by atoms with Crippen LogP contribution in [0.1, 0.15) is 5.56 Å². The molecule has 1 heterocycles. The molecule has 0 aliphatic carbocycles. The maximum atomic E-state index is 3.18. The molecule has 2 heteroatoms. The molecule has 0 spiro atoms. The van der Waals surface area contributed by atoms with E-state index in [4.69, 9.17) is 0 Å². The Balaban J connectivity index is 2.42. The minimum Gasteiger partial charge on any atom is -0.316 e. The van der Waals surface area contributed by atoms with Gasteiger partial charge in [0, 0.05) is 16.8 Å². The summed E-state index contributed by atoms with van der Waals surface area (Å²) in [7, 11) is 1.97. The highest BCUT2D eigenvalue weighted by Gasteiger charge is 2.03. The van der Waals surface area contributed by atoms with Gasteiger partial charge in [0.2, 0.25) is 0 Å². The Morgan fingerprint density at radius 1 is 1.29 bits per heavy atom. The third kappa shape index (κ3) is 1.86. The van der Waals surface area contributed by atoms with Crippen molar-refractivity contribution in [1.82, 2.24) is 5.32 Å². The first kappa shape index (κ1) is 9.44. The van der Waals surface area contributed by atoms with Gasteiger partial charge in [0.05, 0.1) is 0 Å². The fourth-order valence-electron chi connectivity index (χ4n) is 1.49. The van der Waals surface area contributed by atoms with Gasteiger partial charge in [-0.05, 0) is 30.3 Å². The SMILES string of the molecule is CNCc1ccccc1-c1cc[c]s1. The van der Waals surface area contributed by atoms with Crippen molar-refractivity contribution in [2.45, 2.75) is 6.54 Å². The predicted octanol–water partition coefficient (Wildman–Crippen LogP) is 2.93. The zero-order valence-electron chi connectivity index (χ0n) is 8.08. The topological polar surface area (TPSA) is 12.0 Å². The van der Waals surface area contributed by atoms with Gasteiger partial charge in [-0.25, -0.2) is 0 Å². The summed E-state index contributed by atoms with van der Waals surface area (Å²) in [6.07, 6.45) is 0. The zero-order valence-corrected chi connectivity index (χ0v) is 8.90. The molecule has 14 heavy (non-hydrogen) atoms. The van der Waals surface area contributed by atoms with E-state index >= 15 is 0 Å². The van der Waals surface area contributed by atoms with Crippen LogP contribution in [0.25, 0.3) is 10.4 Å². The molecule has 2 aromatic rings. The fourth-order valence-corrected chi connectivity index (χ4v) is 2.20. The quantitative estimate of drug-likeness (QED) is 0.807. The number of benzene rings is 1. The van der Waals surface area contributed by atoms with Crippen LogP contribution < -0.4 is 5.32 Å². The van der Waals surface area contributed by atoms with Crippen LogP contribution in [0, 0.1) is 5.38 Å². The first-order valence-electron chi connectivity index (χ1n) is 4.60. The smallest absolute Gasteiger partial charge is 0.0449 e. The molecule has 0 fully saturated rings. The molecule has 71 valence electrons. The molecule has 0 amide bonds. The predicted molar refractivity (Wildman–Crippen MR) is 61.4 cm³/mol. The number of hydrogen-bond donors (Lipinski definition) is 1. The largest absolute Gasteiger partial charge is 0.316 e. The summed E-state index contributed by atoms with van der Waals surface area (Å²) in [5, 5.41) is 6.30. The highest BCUT2D eigenvalue weighted by atomic mass is 32.1. The number of nitrogens with one attached hydrogen (secondary N) is 1. The average Bonchev–Trinajstić information content (AvgIpc) is 2.72. The molecule has 0 saturated carbocycles. The molecule has 1 nitrogen and oxygen atoms in total. The summed E-state index contributed by atoms with van der Waals surface area (Å²) in [5.41, 5.74) is 2.65. The van der Waals surface area contributed by atoms with Crippen LogP contribution in [0.15, 0.2) is 36.4 Å². The van der Waals surface area contributed by atoms with Gasteiger partial charge < -0.3 is 5.32 Å². The molecule has 1 aromatic heterocycles. The highest BCUT2D eigenvalue weighted by molar-refractivity contribution is 7.13. The maximum absolute atomic E-state index is 3.18. The van der Waals surface area contributed by atoms with Crippen molar-refractivity contribution in [3.63, 3.8) is 0 Å². The van der Waals surface area contributed by atoms with E-state index in [2.05, 4.69) is 41.0 Å². The Morgan fingerprint density at radius 2 is 2.14 bits per heavy atom. The van der Waals surface area contributed by atoms with Gasteiger partial charge in [-0.3, -0.25) is 0 Å². The second-order valence-electron chi connectivity index (χ2n) is 3.10. The first-order chi connectivity index (χ1) is 6.92. The molecule has 0 atom stereocenters. The average molecular weight is 202 g/mol. The Labute approximate surface area is 88.4 Å². The third-order valence-corrected chi connectivity index (χ3v) is 2.95. The van der Waals surface area contributed by atoms with Crippen molar-refractivity contribution in [1.29, 1.82) is 0 Å². The lowest BCUT2D eigenvalue weighted by Gasteiger charge is -2.06. The monoisotopic (exact) mass is 202 g/mol. The Hall–Kier alpha value is -1.12. The molecule has 0 bridgehead atoms. The van der Waals surface area contributed by atoms with Crippen molar-refractivity contribution < 1.29 is 0 Å². The lowest BCUT2D eigenvalue weighted by molar-refractivity contribution is 0.820. The van der Waals surface area contributed by atoms with E-state index in [9.17, 15) is 0 Å². The van der Waals surface area contributed by atoms with Crippen molar-refractivity contribution in [2.75, 3.05) is 7.05 Å². The Kier molecular flexibility index (Phi) is 2.96. The minimum atomic E-state index is 0.911. The number of thiophene rings is 1. The van der Waals surface area contributed by atoms with Crippen LogP contribution in [0.2, 0.25) is 0 Å². The van der Waals surface area contributed by atoms with E-state index in [0.717, 1.165) is 6.54 Å². The van der Waals surface area contributed by atoms with E-state index in [-0.39, 0.29) is 0 Å². The molecular weight excluding hydrogens is 190 g/mol. The van der Waals surface area contributed by atoms with E-state index < -0.39 is 0 Å². The lowest BCUT2D eigenvalue weighted by atomic mass is 10.1. The first-order valence-corrected chi connectivity index (χ1v) is 5.42. The van der Waals surface area contributed by atoms with E-state index in [1.54, 1.807) is 11.3 Å². The third-order valence-electron chi connectivity index (χ3n) is 2.12. The molecular formula is C12H12NS. The molecule has 0 saturated heterocycles. The van der Waals surface area contributed by atoms with Gasteiger partial charge >= 0.3 is 0 Å². The number of rotatable bonds is 3. The van der Waals surface area contributed by atoms with Crippen LogP contribution in [0.4, 0.5) is 0 Å². The van der Waals surface area contributed by atoms with E-state index in [1.165, 1.54) is 16.0 Å². The van der Waals surface area contributed by atoms with Gasteiger partial charge in [0.15, 0.2) is 0 Å². The summed E-state index contributed by atoms with van der Waals surface area (Å²) in [6, 6.07) is 12.6. The second kappa shape index (κ2) is 4.40. The molecule has 0 aliphatic heterocycles. The van der Waals surface area contributed by atoms with E-state index in [0.29, 0.717) is 0 Å². The molecule has 2 rings (SSSR count). The molecule has 0 unspecified atom stereocenters. The van der Waals surface area contributed by atoms with Crippen molar-refractivity contribution in [2.24, 2.45) is 0 Å². The summed E-state index contributed by atoms with van der Waals surface area (Å²) < 4.78 is 0. The summed E-state index contributed by atoms with van der Waals surface area (Å²) >= 11 is 1.66. The summed E-state index contributed by atoms with van der Waals surface area (Å²) in [6.45, 7) is 0.911. The van der Waals surface area contributed by atoms with Crippen molar-refractivity contribution >= 4 is 11.3 Å².